The predicted molar refractivity (Wildman–Crippen MR) is 58.4 cm³/mol. The third-order valence-electron chi connectivity index (χ3n) is 3.56. The Kier molecular flexibility index (Phi) is 4.26. The van der Waals surface area contributed by atoms with E-state index in [-0.39, 0.29) is 0 Å². The molecule has 14 heavy (non-hydrogen) atoms. The topological polar surface area (TPSA) is 21.3 Å². The smallest absolute Gasteiger partial charge is 0.0619 e. The monoisotopic (exact) mass is 197 g/mol. The van der Waals surface area contributed by atoms with Gasteiger partial charge in [-0.3, -0.25) is 0 Å². The molecule has 1 unspecified atom stereocenters. The molecule has 2 aliphatic rings. The zero-order chi connectivity index (χ0) is 9.64. The van der Waals surface area contributed by atoms with Crippen LogP contribution in [0.4, 0.5) is 0 Å². The molecule has 0 aromatic rings. The highest BCUT2D eigenvalue weighted by molar-refractivity contribution is 4.73. The largest absolute Gasteiger partial charge is 0.380 e. The first-order valence-electron chi connectivity index (χ1n) is 6.26. The summed E-state index contributed by atoms with van der Waals surface area (Å²) in [7, 11) is 0. The molecular weight excluding hydrogens is 174 g/mol. The normalized spacial score (nSPS) is 29.6. The van der Waals surface area contributed by atoms with Crippen LogP contribution >= 0.6 is 0 Å². The summed E-state index contributed by atoms with van der Waals surface area (Å²) < 4.78 is 5.79. The van der Waals surface area contributed by atoms with Crippen molar-refractivity contribution in [1.29, 1.82) is 0 Å². The van der Waals surface area contributed by atoms with E-state index in [1.54, 1.807) is 0 Å². The second-order valence-electron chi connectivity index (χ2n) is 4.83. The van der Waals surface area contributed by atoms with E-state index >= 15 is 0 Å². The molecule has 0 spiro atoms. The lowest BCUT2D eigenvalue weighted by molar-refractivity contribution is 0.0728. The van der Waals surface area contributed by atoms with E-state index in [2.05, 4.69) is 5.32 Å². The van der Waals surface area contributed by atoms with Crippen molar-refractivity contribution in [2.45, 2.75) is 51.0 Å². The van der Waals surface area contributed by atoms with Crippen LogP contribution in [0.25, 0.3) is 0 Å². The van der Waals surface area contributed by atoms with Crippen LogP contribution in [0.1, 0.15) is 44.9 Å². The van der Waals surface area contributed by atoms with Crippen molar-refractivity contribution in [3.05, 3.63) is 0 Å². The first kappa shape index (κ1) is 10.4. The van der Waals surface area contributed by atoms with Crippen LogP contribution in [0.5, 0.6) is 0 Å². The molecule has 0 radical (unpaired) electrons. The molecule has 1 heterocycles. The molecule has 0 amide bonds. The van der Waals surface area contributed by atoms with Crippen LogP contribution in [0, 0.1) is 5.92 Å². The van der Waals surface area contributed by atoms with Gasteiger partial charge in [-0.1, -0.05) is 19.3 Å². The maximum absolute atomic E-state index is 5.79. The van der Waals surface area contributed by atoms with E-state index in [0.717, 1.165) is 19.1 Å². The molecule has 1 saturated heterocycles. The minimum atomic E-state index is 0.651. The van der Waals surface area contributed by atoms with Gasteiger partial charge >= 0.3 is 0 Å². The zero-order valence-corrected chi connectivity index (χ0v) is 9.13. The minimum absolute atomic E-state index is 0.651. The van der Waals surface area contributed by atoms with Crippen molar-refractivity contribution < 1.29 is 4.74 Å². The van der Waals surface area contributed by atoms with Gasteiger partial charge in [0.1, 0.15) is 0 Å². The van der Waals surface area contributed by atoms with Crippen LogP contribution < -0.4 is 5.32 Å². The summed E-state index contributed by atoms with van der Waals surface area (Å²) >= 11 is 0. The number of nitrogens with one attached hydrogen (secondary N) is 1. The van der Waals surface area contributed by atoms with Gasteiger partial charge < -0.3 is 10.1 Å². The number of ether oxygens (including phenoxy) is 1. The first-order valence-corrected chi connectivity index (χ1v) is 6.26. The SMILES string of the molecule is C1CCC(COCC2CCCN2)CC1. The van der Waals surface area contributed by atoms with E-state index in [1.807, 2.05) is 0 Å². The van der Waals surface area contributed by atoms with Gasteiger partial charge in [0.2, 0.25) is 0 Å². The van der Waals surface area contributed by atoms with E-state index in [1.165, 1.54) is 51.5 Å². The van der Waals surface area contributed by atoms with Crippen molar-refractivity contribution in [2.24, 2.45) is 5.92 Å². The standard InChI is InChI=1S/C12H23NO/c1-2-5-11(6-3-1)9-14-10-12-7-4-8-13-12/h11-13H,1-10H2. The quantitative estimate of drug-likeness (QED) is 0.747. The first-order chi connectivity index (χ1) is 6.95. The van der Waals surface area contributed by atoms with Gasteiger partial charge in [-0.2, -0.15) is 0 Å². The molecule has 0 bridgehead atoms. The fraction of sp³-hybridized carbons (Fsp3) is 1.00. The highest BCUT2D eigenvalue weighted by atomic mass is 16.5. The van der Waals surface area contributed by atoms with Gasteiger partial charge in [-0.05, 0) is 38.1 Å². The third-order valence-corrected chi connectivity index (χ3v) is 3.56. The Morgan fingerprint density at radius 2 is 1.79 bits per heavy atom. The average Bonchev–Trinajstić information content (AvgIpc) is 2.72. The molecule has 2 nitrogen and oxygen atoms in total. The fourth-order valence-corrected chi connectivity index (χ4v) is 2.63. The Morgan fingerprint density at radius 3 is 2.50 bits per heavy atom. The van der Waals surface area contributed by atoms with Gasteiger partial charge in [0, 0.05) is 12.6 Å². The van der Waals surface area contributed by atoms with E-state index in [0.29, 0.717) is 6.04 Å². The Balaban J connectivity index is 1.52. The second kappa shape index (κ2) is 5.72. The van der Waals surface area contributed by atoms with Gasteiger partial charge in [-0.15, -0.1) is 0 Å². The molecule has 1 atom stereocenters. The van der Waals surface area contributed by atoms with E-state index < -0.39 is 0 Å². The minimum Gasteiger partial charge on any atom is -0.380 e. The van der Waals surface area contributed by atoms with Gasteiger partial charge in [-0.25, -0.2) is 0 Å². The molecule has 0 aromatic heterocycles. The Hall–Kier alpha value is -0.0800. The molecule has 1 aliphatic heterocycles. The summed E-state index contributed by atoms with van der Waals surface area (Å²) in [5.41, 5.74) is 0. The summed E-state index contributed by atoms with van der Waals surface area (Å²) in [4.78, 5) is 0. The number of rotatable bonds is 4. The van der Waals surface area contributed by atoms with Crippen LogP contribution in [0.3, 0.4) is 0 Å². The number of hydrogen-bond donors (Lipinski definition) is 1. The van der Waals surface area contributed by atoms with Crippen molar-refractivity contribution in [3.63, 3.8) is 0 Å². The Bertz CT molecular complexity index is 148. The fourth-order valence-electron chi connectivity index (χ4n) is 2.63. The van der Waals surface area contributed by atoms with E-state index in [9.17, 15) is 0 Å². The highest BCUT2D eigenvalue weighted by Crippen LogP contribution is 2.23. The molecule has 82 valence electrons. The van der Waals surface area contributed by atoms with Gasteiger partial charge in [0.15, 0.2) is 0 Å². The average molecular weight is 197 g/mol. The third kappa shape index (κ3) is 3.25. The second-order valence-corrected chi connectivity index (χ2v) is 4.83. The van der Waals surface area contributed by atoms with Crippen molar-refractivity contribution >= 4 is 0 Å². The molecule has 1 N–H and O–H groups in total. The maximum atomic E-state index is 5.79. The van der Waals surface area contributed by atoms with E-state index in [4.69, 9.17) is 4.74 Å². The lowest BCUT2D eigenvalue weighted by atomic mass is 9.90. The summed E-state index contributed by atoms with van der Waals surface area (Å²) in [6.07, 6.45) is 9.74. The Morgan fingerprint density at radius 1 is 0.929 bits per heavy atom. The zero-order valence-electron chi connectivity index (χ0n) is 9.13. The summed E-state index contributed by atoms with van der Waals surface area (Å²) in [5, 5.41) is 3.47. The molecule has 1 aliphatic carbocycles. The predicted octanol–water partition coefficient (Wildman–Crippen LogP) is 2.34. The molecule has 1 saturated carbocycles. The number of hydrogen-bond acceptors (Lipinski definition) is 2. The van der Waals surface area contributed by atoms with Crippen LogP contribution in [-0.4, -0.2) is 25.8 Å². The summed E-state index contributed by atoms with van der Waals surface area (Å²) in [6.45, 7) is 3.14. The van der Waals surface area contributed by atoms with Crippen molar-refractivity contribution in [1.82, 2.24) is 5.32 Å². The molecule has 0 aromatic carbocycles. The Labute approximate surface area is 87.4 Å². The lowest BCUT2D eigenvalue weighted by Gasteiger charge is -2.22. The van der Waals surface area contributed by atoms with Crippen LogP contribution in [0.2, 0.25) is 0 Å². The van der Waals surface area contributed by atoms with Crippen LogP contribution in [-0.2, 0) is 4.74 Å². The summed E-state index contributed by atoms with van der Waals surface area (Å²) in [6, 6.07) is 0.651. The van der Waals surface area contributed by atoms with Crippen molar-refractivity contribution in [3.8, 4) is 0 Å². The molecular formula is C12H23NO. The highest BCUT2D eigenvalue weighted by Gasteiger charge is 2.16. The lowest BCUT2D eigenvalue weighted by Crippen LogP contribution is -2.28. The van der Waals surface area contributed by atoms with Gasteiger partial charge in [0.05, 0.1) is 6.61 Å². The maximum Gasteiger partial charge on any atom is 0.0619 e. The van der Waals surface area contributed by atoms with Gasteiger partial charge in [0.25, 0.3) is 0 Å². The molecule has 2 rings (SSSR count). The summed E-state index contributed by atoms with van der Waals surface area (Å²) in [5.74, 6) is 0.866. The van der Waals surface area contributed by atoms with Crippen molar-refractivity contribution in [2.75, 3.05) is 19.8 Å². The molecule has 2 fully saturated rings. The molecule has 2 heteroatoms. The van der Waals surface area contributed by atoms with Crippen LogP contribution in [0.15, 0.2) is 0 Å².